The molecule has 0 aromatic carbocycles. The Morgan fingerprint density at radius 3 is 2.96 bits per heavy atom. The molecule has 1 amide bonds. The number of aromatic nitrogens is 2. The maximum absolute atomic E-state index is 12.9. The molecule has 1 aromatic heterocycles. The van der Waals surface area contributed by atoms with E-state index in [-0.39, 0.29) is 18.1 Å². The first-order valence-corrected chi connectivity index (χ1v) is 9.22. The van der Waals surface area contributed by atoms with Crippen LogP contribution in [0.5, 0.6) is 0 Å². The van der Waals surface area contributed by atoms with E-state index in [4.69, 9.17) is 16.3 Å². The van der Waals surface area contributed by atoms with Gasteiger partial charge in [-0.1, -0.05) is 25.4 Å². The number of rotatable bonds is 4. The van der Waals surface area contributed by atoms with Crippen molar-refractivity contribution in [1.82, 2.24) is 20.0 Å². The Balaban J connectivity index is 1.82. The maximum Gasteiger partial charge on any atom is 0.253 e. The lowest BCUT2D eigenvalue weighted by molar-refractivity contribution is -0.146. The Morgan fingerprint density at radius 1 is 1.50 bits per heavy atom. The summed E-state index contributed by atoms with van der Waals surface area (Å²) in [7, 11) is 0. The second-order valence-electron chi connectivity index (χ2n) is 7.12. The van der Waals surface area contributed by atoms with Gasteiger partial charge in [-0.2, -0.15) is 5.10 Å². The van der Waals surface area contributed by atoms with Gasteiger partial charge in [0.2, 0.25) is 0 Å². The highest BCUT2D eigenvalue weighted by atomic mass is 35.5. The van der Waals surface area contributed by atoms with Crippen LogP contribution in [0.15, 0.2) is 0 Å². The first-order chi connectivity index (χ1) is 11.5. The predicted molar refractivity (Wildman–Crippen MR) is 93.1 cm³/mol. The van der Waals surface area contributed by atoms with Crippen LogP contribution in [0.25, 0.3) is 0 Å². The van der Waals surface area contributed by atoms with Gasteiger partial charge in [0.25, 0.3) is 5.91 Å². The molecule has 7 heteroatoms. The Bertz CT molecular complexity index is 596. The molecule has 0 spiro atoms. The molecule has 3 heterocycles. The number of halogens is 1. The zero-order valence-corrected chi connectivity index (χ0v) is 15.5. The molecule has 2 fully saturated rings. The summed E-state index contributed by atoms with van der Waals surface area (Å²) in [5, 5.41) is 8.51. The van der Waals surface area contributed by atoms with Crippen molar-refractivity contribution in [3.63, 3.8) is 0 Å². The van der Waals surface area contributed by atoms with Crippen molar-refractivity contribution in [3.8, 4) is 0 Å². The lowest BCUT2D eigenvalue weighted by Gasteiger charge is -2.31. The zero-order valence-electron chi connectivity index (χ0n) is 14.7. The Labute approximate surface area is 148 Å². The standard InChI is InChI=1S/C17H27ClN4O2/c1-11(2)10-22-16(18)15(12(3)20-22)13-5-4-7-21(13)17(23)14-9-19-6-8-24-14/h11,13-14,19H,4-10H2,1-3H3. The average Bonchev–Trinajstić information content (AvgIpc) is 3.12. The van der Waals surface area contributed by atoms with E-state index in [2.05, 4.69) is 24.3 Å². The Hall–Kier alpha value is -1.11. The van der Waals surface area contributed by atoms with Crippen LogP contribution in [0, 0.1) is 12.8 Å². The first kappa shape index (κ1) is 17.7. The molecular weight excluding hydrogens is 328 g/mol. The largest absolute Gasteiger partial charge is 0.366 e. The molecule has 2 aliphatic heterocycles. The van der Waals surface area contributed by atoms with E-state index in [1.54, 1.807) is 0 Å². The topological polar surface area (TPSA) is 59.4 Å². The molecular formula is C17H27ClN4O2. The third-order valence-electron chi connectivity index (χ3n) is 4.72. The summed E-state index contributed by atoms with van der Waals surface area (Å²) >= 11 is 6.63. The number of nitrogens with one attached hydrogen (secondary N) is 1. The number of nitrogens with zero attached hydrogens (tertiary/aromatic N) is 3. The van der Waals surface area contributed by atoms with Crippen LogP contribution in [-0.4, -0.2) is 52.9 Å². The third-order valence-corrected chi connectivity index (χ3v) is 5.12. The minimum atomic E-state index is -0.385. The number of carbonyl (C=O) groups is 1. The van der Waals surface area contributed by atoms with Crippen molar-refractivity contribution >= 4 is 17.5 Å². The van der Waals surface area contributed by atoms with E-state index in [1.807, 2.05) is 16.5 Å². The van der Waals surface area contributed by atoms with Gasteiger partial charge in [-0.15, -0.1) is 0 Å². The summed E-state index contributed by atoms with van der Waals surface area (Å²) in [4.78, 5) is 14.8. The fourth-order valence-corrected chi connectivity index (χ4v) is 4.02. The van der Waals surface area contributed by atoms with E-state index in [1.165, 1.54) is 0 Å². The molecule has 1 aromatic rings. The lowest BCUT2D eigenvalue weighted by atomic mass is 10.1. The van der Waals surface area contributed by atoms with Gasteiger partial charge in [-0.05, 0) is 25.7 Å². The monoisotopic (exact) mass is 354 g/mol. The van der Waals surface area contributed by atoms with E-state index >= 15 is 0 Å². The van der Waals surface area contributed by atoms with Crippen LogP contribution in [-0.2, 0) is 16.1 Å². The summed E-state index contributed by atoms with van der Waals surface area (Å²) in [5.41, 5.74) is 1.93. The molecule has 6 nitrogen and oxygen atoms in total. The Morgan fingerprint density at radius 2 is 2.29 bits per heavy atom. The molecule has 24 heavy (non-hydrogen) atoms. The average molecular weight is 355 g/mol. The summed E-state index contributed by atoms with van der Waals surface area (Å²) in [5.74, 6) is 0.537. The minimum Gasteiger partial charge on any atom is -0.366 e. The first-order valence-electron chi connectivity index (χ1n) is 8.84. The van der Waals surface area contributed by atoms with Crippen LogP contribution in [0.1, 0.15) is 44.0 Å². The number of hydrogen-bond donors (Lipinski definition) is 1. The van der Waals surface area contributed by atoms with Gasteiger partial charge < -0.3 is 15.0 Å². The molecule has 2 saturated heterocycles. The summed E-state index contributed by atoms with van der Waals surface area (Å²) in [6, 6.07) is 0.0106. The van der Waals surface area contributed by atoms with Crippen LogP contribution in [0.4, 0.5) is 0 Å². The van der Waals surface area contributed by atoms with Crippen molar-refractivity contribution in [1.29, 1.82) is 0 Å². The molecule has 2 aliphatic rings. The van der Waals surface area contributed by atoms with Crippen LogP contribution < -0.4 is 5.32 Å². The smallest absolute Gasteiger partial charge is 0.253 e. The van der Waals surface area contributed by atoms with Gasteiger partial charge in [0.05, 0.1) is 18.3 Å². The minimum absolute atomic E-state index is 0.0106. The number of carbonyl (C=O) groups excluding carboxylic acids is 1. The number of aryl methyl sites for hydroxylation is 1. The highest BCUT2D eigenvalue weighted by molar-refractivity contribution is 6.30. The van der Waals surface area contributed by atoms with Gasteiger partial charge >= 0.3 is 0 Å². The van der Waals surface area contributed by atoms with Crippen molar-refractivity contribution in [2.75, 3.05) is 26.2 Å². The molecule has 0 bridgehead atoms. The van der Waals surface area contributed by atoms with Gasteiger partial charge in [-0.3, -0.25) is 9.48 Å². The highest BCUT2D eigenvalue weighted by Gasteiger charge is 2.37. The van der Waals surface area contributed by atoms with Crippen LogP contribution in [0.3, 0.4) is 0 Å². The molecule has 1 N–H and O–H groups in total. The normalized spacial score (nSPS) is 24.8. The highest BCUT2D eigenvalue weighted by Crippen LogP contribution is 2.38. The zero-order chi connectivity index (χ0) is 17.3. The predicted octanol–water partition coefficient (Wildman–Crippen LogP) is 2.15. The molecule has 0 aliphatic carbocycles. The van der Waals surface area contributed by atoms with E-state index < -0.39 is 0 Å². The van der Waals surface area contributed by atoms with Crippen molar-refractivity contribution in [3.05, 3.63) is 16.4 Å². The number of amides is 1. The molecule has 0 radical (unpaired) electrons. The van der Waals surface area contributed by atoms with Gasteiger partial charge in [-0.25, -0.2) is 0 Å². The number of ether oxygens (including phenoxy) is 1. The molecule has 2 atom stereocenters. The second kappa shape index (κ2) is 7.42. The van der Waals surface area contributed by atoms with Crippen molar-refractivity contribution in [2.24, 2.45) is 5.92 Å². The number of likely N-dealkylation sites (tertiary alicyclic amines) is 1. The summed E-state index contributed by atoms with van der Waals surface area (Å²) in [6.07, 6.45) is 1.53. The van der Waals surface area contributed by atoms with Gasteiger partial charge in [0, 0.05) is 31.7 Å². The quantitative estimate of drug-likeness (QED) is 0.900. The fraction of sp³-hybridized carbons (Fsp3) is 0.765. The fourth-order valence-electron chi connectivity index (χ4n) is 3.65. The SMILES string of the molecule is Cc1nn(CC(C)C)c(Cl)c1C1CCCN1C(=O)C1CNCCO1. The van der Waals surface area contributed by atoms with Gasteiger partial charge in [0.1, 0.15) is 11.3 Å². The summed E-state index contributed by atoms with van der Waals surface area (Å²) in [6.45, 7) is 9.79. The van der Waals surface area contributed by atoms with Crippen molar-refractivity contribution in [2.45, 2.75) is 52.3 Å². The molecule has 2 unspecified atom stereocenters. The Kier molecular flexibility index (Phi) is 5.47. The van der Waals surface area contributed by atoms with Crippen molar-refractivity contribution < 1.29 is 9.53 Å². The molecule has 134 valence electrons. The lowest BCUT2D eigenvalue weighted by Crippen LogP contribution is -2.49. The third kappa shape index (κ3) is 3.46. The van der Waals surface area contributed by atoms with Gasteiger partial charge in [0.15, 0.2) is 0 Å². The van der Waals surface area contributed by atoms with Crippen LogP contribution >= 0.6 is 11.6 Å². The number of hydrogen-bond acceptors (Lipinski definition) is 4. The maximum atomic E-state index is 12.9. The van der Waals surface area contributed by atoms with E-state index in [0.29, 0.717) is 24.2 Å². The molecule has 0 saturated carbocycles. The summed E-state index contributed by atoms with van der Waals surface area (Å²) < 4.78 is 7.52. The number of morpholine rings is 1. The molecule has 3 rings (SSSR count). The van der Waals surface area contributed by atoms with Crippen LogP contribution in [0.2, 0.25) is 5.15 Å². The van der Waals surface area contributed by atoms with E-state index in [0.717, 1.165) is 43.7 Å². The second-order valence-corrected chi connectivity index (χ2v) is 7.48. The van der Waals surface area contributed by atoms with E-state index in [9.17, 15) is 4.79 Å².